The smallest absolute Gasteiger partial charge is 0.419 e. The van der Waals surface area contributed by atoms with Crippen LogP contribution in [0.15, 0.2) is 35.8 Å². The van der Waals surface area contributed by atoms with E-state index in [-0.39, 0.29) is 0 Å². The molecule has 1 aromatic heterocycles. The molecule has 1 aromatic carbocycles. The number of nitrogens with zero attached hydrogens (tertiary/aromatic N) is 2. The van der Waals surface area contributed by atoms with Gasteiger partial charge in [0.25, 0.3) is 0 Å². The van der Waals surface area contributed by atoms with Crippen molar-refractivity contribution < 1.29 is 22.7 Å². The van der Waals surface area contributed by atoms with Crippen molar-refractivity contribution in [2.45, 2.75) is 19.0 Å². The van der Waals surface area contributed by atoms with E-state index in [2.05, 4.69) is 4.98 Å². The van der Waals surface area contributed by atoms with Crippen molar-refractivity contribution >= 4 is 22.4 Å². The van der Waals surface area contributed by atoms with Crippen molar-refractivity contribution in [3.8, 4) is 5.75 Å². The molecule has 1 fully saturated rings. The van der Waals surface area contributed by atoms with Crippen LogP contribution in [-0.2, 0) is 11.0 Å². The van der Waals surface area contributed by atoms with Crippen molar-refractivity contribution in [1.82, 2.24) is 4.98 Å². The van der Waals surface area contributed by atoms with Crippen LogP contribution in [-0.4, -0.2) is 24.0 Å². The molecule has 0 unspecified atom stereocenters. The molecule has 2 heterocycles. The third kappa shape index (κ3) is 3.69. The molecule has 1 atom stereocenters. The molecule has 0 radical (unpaired) electrons. The average molecular weight is 356 g/mol. The number of esters is 1. The zero-order valence-corrected chi connectivity index (χ0v) is 13.4. The van der Waals surface area contributed by atoms with Gasteiger partial charge in [-0.3, -0.25) is 4.79 Å². The van der Waals surface area contributed by atoms with Crippen LogP contribution in [0.25, 0.3) is 0 Å². The minimum Gasteiger partial charge on any atom is -0.426 e. The number of alkyl halides is 3. The van der Waals surface area contributed by atoms with Crippen LogP contribution in [0.5, 0.6) is 5.75 Å². The van der Waals surface area contributed by atoms with Gasteiger partial charge in [-0.15, -0.1) is 11.3 Å². The highest BCUT2D eigenvalue weighted by Gasteiger charge is 2.36. The largest absolute Gasteiger partial charge is 0.426 e. The summed E-state index contributed by atoms with van der Waals surface area (Å²) >= 11 is 1.47. The summed E-state index contributed by atoms with van der Waals surface area (Å²) in [5, 5.41) is 2.65. The molecule has 4 nitrogen and oxygen atoms in total. The highest BCUT2D eigenvalue weighted by atomic mass is 32.1. The van der Waals surface area contributed by atoms with Gasteiger partial charge in [0.1, 0.15) is 5.75 Å². The van der Waals surface area contributed by atoms with Crippen LogP contribution in [0, 0.1) is 5.92 Å². The lowest BCUT2D eigenvalue weighted by Crippen LogP contribution is -2.40. The fourth-order valence-corrected chi connectivity index (χ4v) is 3.38. The van der Waals surface area contributed by atoms with E-state index in [1.807, 2.05) is 10.3 Å². The first-order valence-corrected chi connectivity index (χ1v) is 8.35. The number of aromatic nitrogens is 1. The normalized spacial score (nSPS) is 18.5. The number of para-hydroxylation sites is 1. The second-order valence-electron chi connectivity index (χ2n) is 5.51. The predicted octanol–water partition coefficient (Wildman–Crippen LogP) is 3.98. The van der Waals surface area contributed by atoms with Crippen LogP contribution < -0.4 is 9.64 Å². The zero-order valence-electron chi connectivity index (χ0n) is 12.6. The van der Waals surface area contributed by atoms with Gasteiger partial charge in [0.2, 0.25) is 0 Å². The Morgan fingerprint density at radius 1 is 1.33 bits per heavy atom. The van der Waals surface area contributed by atoms with Gasteiger partial charge in [0, 0.05) is 24.7 Å². The van der Waals surface area contributed by atoms with Crippen LogP contribution in [0.1, 0.15) is 18.4 Å². The molecule has 1 aliphatic rings. The molecule has 0 spiro atoms. The number of benzene rings is 1. The number of halogens is 3. The first-order valence-electron chi connectivity index (χ1n) is 7.47. The number of piperidine rings is 1. The number of thiazole rings is 1. The lowest BCUT2D eigenvalue weighted by molar-refractivity contribution is -0.144. The van der Waals surface area contributed by atoms with E-state index in [4.69, 9.17) is 4.74 Å². The van der Waals surface area contributed by atoms with E-state index < -0.39 is 29.4 Å². The SMILES string of the molecule is O=C(Oc1ccccc1C(F)(F)F)[C@@H]1CCCN(c2nccs2)C1. The van der Waals surface area contributed by atoms with Gasteiger partial charge in [-0.2, -0.15) is 13.2 Å². The van der Waals surface area contributed by atoms with Crippen LogP contribution in [0.2, 0.25) is 0 Å². The monoisotopic (exact) mass is 356 g/mol. The molecule has 0 bridgehead atoms. The van der Waals surface area contributed by atoms with Crippen molar-refractivity contribution in [2.75, 3.05) is 18.0 Å². The summed E-state index contributed by atoms with van der Waals surface area (Å²) in [6.07, 6.45) is -1.52. The van der Waals surface area contributed by atoms with Gasteiger partial charge < -0.3 is 9.64 Å². The standard InChI is InChI=1S/C16H15F3N2O2S/c17-16(18,19)12-5-1-2-6-13(12)23-14(22)11-4-3-8-21(10-11)15-20-7-9-24-15/h1-2,5-7,9,11H,3-4,8,10H2/t11-/m1/s1. The summed E-state index contributed by atoms with van der Waals surface area (Å²) in [6.45, 7) is 1.18. The molecular weight excluding hydrogens is 341 g/mol. The second-order valence-corrected chi connectivity index (χ2v) is 6.39. The third-order valence-corrected chi connectivity index (χ3v) is 4.68. The van der Waals surface area contributed by atoms with E-state index in [0.717, 1.165) is 24.2 Å². The Kier molecular flexibility index (Phi) is 4.75. The van der Waals surface area contributed by atoms with Crippen molar-refractivity contribution in [3.05, 3.63) is 41.4 Å². The average Bonchev–Trinajstić information content (AvgIpc) is 3.09. The Morgan fingerprint density at radius 2 is 2.12 bits per heavy atom. The number of anilines is 1. The Bertz CT molecular complexity index is 704. The Hall–Kier alpha value is -2.09. The molecule has 3 rings (SSSR count). The highest BCUT2D eigenvalue weighted by Crippen LogP contribution is 2.36. The quantitative estimate of drug-likeness (QED) is 0.616. The van der Waals surface area contributed by atoms with Gasteiger partial charge in [0.05, 0.1) is 11.5 Å². The molecule has 8 heteroatoms. The Morgan fingerprint density at radius 3 is 2.83 bits per heavy atom. The molecule has 0 aliphatic carbocycles. The number of carbonyl (C=O) groups is 1. The first kappa shape index (κ1) is 16.8. The van der Waals surface area contributed by atoms with Crippen molar-refractivity contribution in [3.63, 3.8) is 0 Å². The first-order chi connectivity index (χ1) is 11.4. The van der Waals surface area contributed by atoms with Gasteiger partial charge in [0.15, 0.2) is 5.13 Å². The summed E-state index contributed by atoms with van der Waals surface area (Å²) in [6, 6.07) is 4.76. The predicted molar refractivity (Wildman–Crippen MR) is 84.1 cm³/mol. The van der Waals surface area contributed by atoms with Gasteiger partial charge in [-0.25, -0.2) is 4.98 Å². The second kappa shape index (κ2) is 6.80. The summed E-state index contributed by atoms with van der Waals surface area (Å²) in [7, 11) is 0. The summed E-state index contributed by atoms with van der Waals surface area (Å²) in [4.78, 5) is 18.5. The van der Waals surface area contributed by atoms with E-state index >= 15 is 0 Å². The number of hydrogen-bond donors (Lipinski definition) is 0. The zero-order chi connectivity index (χ0) is 17.2. The maximum atomic E-state index is 13.0. The summed E-state index contributed by atoms with van der Waals surface area (Å²) in [5.74, 6) is -1.54. The van der Waals surface area contributed by atoms with E-state index in [1.54, 1.807) is 6.20 Å². The third-order valence-electron chi connectivity index (χ3n) is 3.85. The number of ether oxygens (including phenoxy) is 1. The topological polar surface area (TPSA) is 42.4 Å². The number of carbonyl (C=O) groups excluding carboxylic acids is 1. The Balaban J connectivity index is 1.71. The molecule has 1 aliphatic heterocycles. The lowest BCUT2D eigenvalue weighted by atomic mass is 9.98. The molecule has 1 saturated heterocycles. The molecule has 0 N–H and O–H groups in total. The Labute approximate surface area is 140 Å². The molecule has 0 amide bonds. The van der Waals surface area contributed by atoms with Crippen LogP contribution in [0.4, 0.5) is 18.3 Å². The van der Waals surface area contributed by atoms with Crippen LogP contribution in [0.3, 0.4) is 0 Å². The fraction of sp³-hybridized carbons (Fsp3) is 0.375. The van der Waals surface area contributed by atoms with Crippen LogP contribution >= 0.6 is 11.3 Å². The minimum atomic E-state index is -4.56. The van der Waals surface area contributed by atoms with Gasteiger partial charge in [-0.05, 0) is 25.0 Å². The number of rotatable bonds is 3. The molecule has 24 heavy (non-hydrogen) atoms. The number of hydrogen-bond acceptors (Lipinski definition) is 5. The summed E-state index contributed by atoms with van der Waals surface area (Å²) < 4.78 is 44.0. The van der Waals surface area contributed by atoms with E-state index in [0.29, 0.717) is 13.0 Å². The molecule has 128 valence electrons. The molecule has 2 aromatic rings. The highest BCUT2D eigenvalue weighted by molar-refractivity contribution is 7.13. The maximum Gasteiger partial charge on any atom is 0.419 e. The van der Waals surface area contributed by atoms with Crippen molar-refractivity contribution in [1.29, 1.82) is 0 Å². The van der Waals surface area contributed by atoms with Gasteiger partial charge in [-0.1, -0.05) is 12.1 Å². The molecule has 0 saturated carbocycles. The van der Waals surface area contributed by atoms with E-state index in [9.17, 15) is 18.0 Å². The summed E-state index contributed by atoms with van der Waals surface area (Å²) in [5.41, 5.74) is -0.939. The minimum absolute atomic E-state index is 0.403. The maximum absolute atomic E-state index is 13.0. The fourth-order valence-electron chi connectivity index (χ4n) is 2.70. The van der Waals surface area contributed by atoms with Gasteiger partial charge >= 0.3 is 12.1 Å². The molecular formula is C16H15F3N2O2S. The lowest BCUT2D eigenvalue weighted by Gasteiger charge is -2.31. The van der Waals surface area contributed by atoms with Crippen molar-refractivity contribution in [2.24, 2.45) is 5.92 Å². The van der Waals surface area contributed by atoms with E-state index in [1.165, 1.54) is 29.5 Å².